The first-order valence-corrected chi connectivity index (χ1v) is 6.84. The van der Waals surface area contributed by atoms with E-state index in [0.717, 1.165) is 35.5 Å². The molecule has 5 nitrogen and oxygen atoms in total. The molecule has 0 amide bonds. The summed E-state index contributed by atoms with van der Waals surface area (Å²) in [5.74, 6) is 2.47. The molecule has 18 heavy (non-hydrogen) atoms. The number of aromatic nitrogens is 4. The second-order valence-electron chi connectivity index (χ2n) is 3.86. The summed E-state index contributed by atoms with van der Waals surface area (Å²) in [7, 11) is 0. The summed E-state index contributed by atoms with van der Waals surface area (Å²) in [6, 6.07) is 0. The Bertz CT molecular complexity index is 523. The van der Waals surface area contributed by atoms with Crippen LogP contribution >= 0.6 is 15.9 Å². The standard InChI is InChI=1S/C12H16BrN5/c1-3-5-10-15-6-7-18(10)11-9(13)8-16-12(17-11)14-4-2/h6-8H,3-5H2,1-2H3,(H,14,16,17). The van der Waals surface area contributed by atoms with E-state index in [4.69, 9.17) is 0 Å². The van der Waals surface area contributed by atoms with Crippen LogP contribution in [0.4, 0.5) is 5.95 Å². The third kappa shape index (κ3) is 2.69. The van der Waals surface area contributed by atoms with E-state index in [1.54, 1.807) is 12.4 Å². The van der Waals surface area contributed by atoms with Crippen molar-refractivity contribution in [1.82, 2.24) is 19.5 Å². The molecule has 0 spiro atoms. The Kier molecular flexibility index (Phi) is 4.30. The van der Waals surface area contributed by atoms with E-state index in [2.05, 4.69) is 43.1 Å². The molecular formula is C12H16BrN5. The largest absolute Gasteiger partial charge is 0.354 e. The maximum Gasteiger partial charge on any atom is 0.224 e. The minimum absolute atomic E-state index is 0.631. The molecule has 2 heterocycles. The highest BCUT2D eigenvalue weighted by Crippen LogP contribution is 2.21. The van der Waals surface area contributed by atoms with Gasteiger partial charge in [-0.1, -0.05) is 6.92 Å². The fraction of sp³-hybridized carbons (Fsp3) is 0.417. The number of aryl methyl sites for hydroxylation is 1. The fourth-order valence-corrected chi connectivity index (χ4v) is 2.09. The molecule has 0 aliphatic carbocycles. The molecule has 0 radical (unpaired) electrons. The van der Waals surface area contributed by atoms with E-state index in [1.807, 2.05) is 17.7 Å². The molecule has 0 aliphatic heterocycles. The van der Waals surface area contributed by atoms with Crippen LogP contribution in [0.1, 0.15) is 26.1 Å². The van der Waals surface area contributed by atoms with Crippen molar-refractivity contribution in [2.75, 3.05) is 11.9 Å². The van der Waals surface area contributed by atoms with E-state index in [-0.39, 0.29) is 0 Å². The summed E-state index contributed by atoms with van der Waals surface area (Å²) in [6.45, 7) is 4.95. The number of anilines is 1. The summed E-state index contributed by atoms with van der Waals surface area (Å²) in [4.78, 5) is 13.1. The summed E-state index contributed by atoms with van der Waals surface area (Å²) in [6.07, 6.45) is 7.47. The first-order valence-electron chi connectivity index (χ1n) is 6.05. The molecule has 2 aromatic rings. The lowest BCUT2D eigenvalue weighted by atomic mass is 10.3. The first-order chi connectivity index (χ1) is 8.76. The number of imidazole rings is 1. The van der Waals surface area contributed by atoms with Gasteiger partial charge in [-0.25, -0.2) is 9.97 Å². The fourth-order valence-electron chi connectivity index (χ4n) is 1.71. The van der Waals surface area contributed by atoms with E-state index in [0.29, 0.717) is 5.95 Å². The number of nitrogens with one attached hydrogen (secondary N) is 1. The van der Waals surface area contributed by atoms with Crippen molar-refractivity contribution >= 4 is 21.9 Å². The normalized spacial score (nSPS) is 10.6. The predicted molar refractivity (Wildman–Crippen MR) is 75.0 cm³/mol. The zero-order chi connectivity index (χ0) is 13.0. The highest BCUT2D eigenvalue weighted by molar-refractivity contribution is 9.10. The SMILES string of the molecule is CCCc1nccn1-c1nc(NCC)ncc1Br. The van der Waals surface area contributed by atoms with Crippen LogP contribution in [-0.2, 0) is 6.42 Å². The van der Waals surface area contributed by atoms with Gasteiger partial charge in [-0.3, -0.25) is 4.57 Å². The molecule has 0 saturated carbocycles. The Morgan fingerprint density at radius 2 is 2.17 bits per heavy atom. The van der Waals surface area contributed by atoms with Crippen LogP contribution in [0, 0.1) is 0 Å². The van der Waals surface area contributed by atoms with Crippen LogP contribution in [0.25, 0.3) is 5.82 Å². The summed E-state index contributed by atoms with van der Waals surface area (Å²) < 4.78 is 2.86. The topological polar surface area (TPSA) is 55.6 Å². The van der Waals surface area contributed by atoms with Gasteiger partial charge < -0.3 is 5.32 Å². The predicted octanol–water partition coefficient (Wildman–Crippen LogP) is 2.81. The molecule has 2 aromatic heterocycles. The number of hydrogen-bond acceptors (Lipinski definition) is 4. The third-order valence-electron chi connectivity index (χ3n) is 2.48. The van der Waals surface area contributed by atoms with Crippen molar-refractivity contribution in [3.8, 4) is 5.82 Å². The molecule has 0 saturated heterocycles. The summed E-state index contributed by atoms with van der Waals surface area (Å²) in [5.41, 5.74) is 0. The van der Waals surface area contributed by atoms with Crippen LogP contribution in [0.2, 0.25) is 0 Å². The third-order valence-corrected chi connectivity index (χ3v) is 3.04. The van der Waals surface area contributed by atoms with Crippen molar-refractivity contribution in [2.45, 2.75) is 26.7 Å². The van der Waals surface area contributed by atoms with E-state index < -0.39 is 0 Å². The Labute approximate surface area is 115 Å². The Hall–Kier alpha value is -1.43. The smallest absolute Gasteiger partial charge is 0.224 e. The number of halogens is 1. The minimum Gasteiger partial charge on any atom is -0.354 e. The van der Waals surface area contributed by atoms with Crippen LogP contribution in [-0.4, -0.2) is 26.1 Å². The van der Waals surface area contributed by atoms with Gasteiger partial charge in [0, 0.05) is 31.6 Å². The van der Waals surface area contributed by atoms with E-state index >= 15 is 0 Å². The monoisotopic (exact) mass is 309 g/mol. The van der Waals surface area contributed by atoms with Crippen molar-refractivity contribution in [1.29, 1.82) is 0 Å². The maximum atomic E-state index is 4.50. The maximum absolute atomic E-state index is 4.50. The molecule has 1 N–H and O–H groups in total. The van der Waals surface area contributed by atoms with Gasteiger partial charge in [-0.05, 0) is 29.3 Å². The second-order valence-corrected chi connectivity index (χ2v) is 4.71. The van der Waals surface area contributed by atoms with Gasteiger partial charge in [-0.15, -0.1) is 0 Å². The van der Waals surface area contributed by atoms with Gasteiger partial charge in [0.05, 0.1) is 4.47 Å². The minimum atomic E-state index is 0.631. The van der Waals surface area contributed by atoms with E-state index in [1.165, 1.54) is 0 Å². The molecule has 0 aliphatic rings. The second kappa shape index (κ2) is 5.95. The van der Waals surface area contributed by atoms with Crippen LogP contribution < -0.4 is 5.32 Å². The van der Waals surface area contributed by atoms with Gasteiger partial charge in [0.25, 0.3) is 0 Å². The van der Waals surface area contributed by atoms with Gasteiger partial charge in [0.2, 0.25) is 5.95 Å². The van der Waals surface area contributed by atoms with Crippen molar-refractivity contribution in [3.05, 3.63) is 28.9 Å². The lowest BCUT2D eigenvalue weighted by molar-refractivity contribution is 0.794. The van der Waals surface area contributed by atoms with Gasteiger partial charge in [0.1, 0.15) is 5.82 Å². The van der Waals surface area contributed by atoms with E-state index in [9.17, 15) is 0 Å². The van der Waals surface area contributed by atoms with Gasteiger partial charge >= 0.3 is 0 Å². The molecule has 6 heteroatoms. The zero-order valence-corrected chi connectivity index (χ0v) is 12.1. The molecule has 0 unspecified atom stereocenters. The lowest BCUT2D eigenvalue weighted by Crippen LogP contribution is -2.08. The van der Waals surface area contributed by atoms with Gasteiger partial charge in [-0.2, -0.15) is 4.98 Å². The first kappa shape index (κ1) is 13.0. The molecular weight excluding hydrogens is 294 g/mol. The molecule has 0 aromatic carbocycles. The highest BCUT2D eigenvalue weighted by atomic mass is 79.9. The van der Waals surface area contributed by atoms with Crippen molar-refractivity contribution in [2.24, 2.45) is 0 Å². The van der Waals surface area contributed by atoms with Crippen LogP contribution in [0.15, 0.2) is 23.1 Å². The van der Waals surface area contributed by atoms with Crippen LogP contribution in [0.3, 0.4) is 0 Å². The average Bonchev–Trinajstić information content (AvgIpc) is 2.81. The lowest BCUT2D eigenvalue weighted by Gasteiger charge is -2.10. The highest BCUT2D eigenvalue weighted by Gasteiger charge is 2.10. The summed E-state index contributed by atoms with van der Waals surface area (Å²) in [5, 5.41) is 3.11. The quantitative estimate of drug-likeness (QED) is 0.922. The van der Waals surface area contributed by atoms with Crippen molar-refractivity contribution < 1.29 is 0 Å². The molecule has 96 valence electrons. The zero-order valence-electron chi connectivity index (χ0n) is 10.5. The Morgan fingerprint density at radius 3 is 2.89 bits per heavy atom. The van der Waals surface area contributed by atoms with Crippen molar-refractivity contribution in [3.63, 3.8) is 0 Å². The summed E-state index contributed by atoms with van der Waals surface area (Å²) >= 11 is 3.49. The van der Waals surface area contributed by atoms with Gasteiger partial charge in [0.15, 0.2) is 5.82 Å². The average molecular weight is 310 g/mol. The molecule has 0 atom stereocenters. The molecule has 0 fully saturated rings. The molecule has 0 bridgehead atoms. The molecule has 2 rings (SSSR count). The Morgan fingerprint density at radius 1 is 1.33 bits per heavy atom. The Balaban J connectivity index is 2.42. The number of nitrogens with zero attached hydrogens (tertiary/aromatic N) is 4. The number of rotatable bonds is 5. The van der Waals surface area contributed by atoms with Crippen LogP contribution in [0.5, 0.6) is 0 Å². The number of hydrogen-bond donors (Lipinski definition) is 1.